The van der Waals surface area contributed by atoms with Gasteiger partial charge in [-0.3, -0.25) is 0 Å². The molecule has 0 saturated heterocycles. The van der Waals surface area contributed by atoms with Crippen LogP contribution in [0.15, 0.2) is 12.2 Å². The Hall–Kier alpha value is -0.260. The number of hydrogen-bond donors (Lipinski definition) is 0. The summed E-state index contributed by atoms with van der Waals surface area (Å²) in [6.45, 7) is 4.62. The molecule has 0 aromatic carbocycles. The van der Waals surface area contributed by atoms with Gasteiger partial charge in [-0.15, -0.1) is 0 Å². The molecule has 0 nitrogen and oxygen atoms in total. The molecule has 0 saturated carbocycles. The molecule has 0 spiro atoms. The summed E-state index contributed by atoms with van der Waals surface area (Å²) >= 11 is 0. The lowest BCUT2D eigenvalue weighted by Crippen LogP contribution is -1.84. The van der Waals surface area contributed by atoms with E-state index in [0.717, 1.165) is 0 Å². The first kappa shape index (κ1) is 41.7. The van der Waals surface area contributed by atoms with Gasteiger partial charge in [0.2, 0.25) is 0 Å². The second-order valence-electron chi connectivity index (χ2n) is 14.1. The lowest BCUT2D eigenvalue weighted by atomic mass is 10.0. The average Bonchev–Trinajstić information content (AvgIpc) is 3.00. The minimum atomic E-state index is 1.32. The van der Waals surface area contributed by atoms with Crippen molar-refractivity contribution in [3.8, 4) is 0 Å². The van der Waals surface area contributed by atoms with Gasteiger partial charge < -0.3 is 0 Å². The normalized spacial score (nSPS) is 11.8. The Kier molecular flexibility index (Phi) is 40.5. The Morgan fingerprint density at radius 1 is 0.190 bits per heavy atom. The maximum absolute atomic E-state index is 2.47. The highest BCUT2D eigenvalue weighted by atomic mass is 14.0. The molecule has 0 fully saturated rings. The third-order valence-electron chi connectivity index (χ3n) is 9.62. The van der Waals surface area contributed by atoms with E-state index >= 15 is 0 Å². The molecule has 0 amide bonds. The van der Waals surface area contributed by atoms with Crippen LogP contribution in [0.25, 0.3) is 0 Å². The first-order chi connectivity index (χ1) is 20.9. The summed E-state index contributed by atoms with van der Waals surface area (Å²) in [5.74, 6) is 0. The van der Waals surface area contributed by atoms with E-state index in [-0.39, 0.29) is 0 Å². The maximum Gasteiger partial charge on any atom is -0.0351 e. The van der Waals surface area contributed by atoms with Crippen LogP contribution in [0.2, 0.25) is 0 Å². The van der Waals surface area contributed by atoms with E-state index in [2.05, 4.69) is 26.0 Å². The van der Waals surface area contributed by atoms with Crippen molar-refractivity contribution in [1.29, 1.82) is 0 Å². The molecule has 0 aliphatic rings. The fraction of sp³-hybridized carbons (Fsp3) is 0.952. The lowest BCUT2D eigenvalue weighted by molar-refractivity contribution is 0.525. The molecule has 0 rings (SSSR count). The van der Waals surface area contributed by atoms with Gasteiger partial charge in [0.05, 0.1) is 0 Å². The maximum atomic E-state index is 2.47. The van der Waals surface area contributed by atoms with Crippen LogP contribution in [-0.4, -0.2) is 0 Å². The Morgan fingerprint density at radius 2 is 0.333 bits per heavy atom. The highest BCUT2D eigenvalue weighted by Crippen LogP contribution is 2.16. The summed E-state index contributed by atoms with van der Waals surface area (Å²) in [5, 5.41) is 0. The molecule has 0 atom stereocenters. The van der Waals surface area contributed by atoms with E-state index in [1.807, 2.05) is 0 Å². The van der Waals surface area contributed by atoms with Crippen LogP contribution in [0, 0.1) is 0 Å². The van der Waals surface area contributed by atoms with Gasteiger partial charge >= 0.3 is 0 Å². The van der Waals surface area contributed by atoms with Gasteiger partial charge in [-0.1, -0.05) is 244 Å². The van der Waals surface area contributed by atoms with Gasteiger partial charge in [0.15, 0.2) is 0 Å². The highest BCUT2D eigenvalue weighted by molar-refractivity contribution is 4.81. The molecule has 0 heteroatoms. The van der Waals surface area contributed by atoms with Crippen LogP contribution in [0.3, 0.4) is 0 Å². The molecule has 0 aliphatic carbocycles. The molecule has 0 heterocycles. The highest BCUT2D eigenvalue weighted by Gasteiger charge is 1.96. The van der Waals surface area contributed by atoms with E-state index < -0.39 is 0 Å². The molecule has 0 unspecified atom stereocenters. The Balaban J connectivity index is 3.08. The standard InChI is InChI=1S/C42H84/c1-3-5-7-9-11-13-15-17-19-21-23-25-27-29-31-33-35-37-39-41-42-40-38-36-34-32-30-28-26-24-22-20-18-16-14-12-10-8-6-4-2/h41-42H,3-40H2,1-2H3/b42-41+. The second kappa shape index (κ2) is 40.7. The van der Waals surface area contributed by atoms with E-state index in [0.29, 0.717) is 0 Å². The van der Waals surface area contributed by atoms with E-state index in [1.54, 1.807) is 0 Å². The lowest BCUT2D eigenvalue weighted by Gasteiger charge is -2.04. The number of hydrogen-bond acceptors (Lipinski definition) is 0. The molecule has 0 aromatic heterocycles. The molecule has 0 bridgehead atoms. The quantitative estimate of drug-likeness (QED) is 0.0497. The fourth-order valence-electron chi connectivity index (χ4n) is 6.56. The Morgan fingerprint density at radius 3 is 0.500 bits per heavy atom. The summed E-state index contributed by atoms with van der Waals surface area (Å²) in [6, 6.07) is 0. The van der Waals surface area contributed by atoms with E-state index in [9.17, 15) is 0 Å². The first-order valence-corrected chi connectivity index (χ1v) is 20.6. The van der Waals surface area contributed by atoms with Gasteiger partial charge in [0, 0.05) is 0 Å². The summed E-state index contributed by atoms with van der Waals surface area (Å²) in [6.07, 6.45) is 60.4. The summed E-state index contributed by atoms with van der Waals surface area (Å²) in [5.41, 5.74) is 0. The largest absolute Gasteiger partial charge is 0.0885 e. The topological polar surface area (TPSA) is 0 Å². The third-order valence-corrected chi connectivity index (χ3v) is 9.62. The minimum Gasteiger partial charge on any atom is -0.0885 e. The van der Waals surface area contributed by atoms with Crippen LogP contribution in [0.5, 0.6) is 0 Å². The van der Waals surface area contributed by atoms with Crippen molar-refractivity contribution in [3.05, 3.63) is 12.2 Å². The van der Waals surface area contributed by atoms with Gasteiger partial charge in [-0.25, -0.2) is 0 Å². The van der Waals surface area contributed by atoms with Crippen molar-refractivity contribution in [2.45, 2.75) is 258 Å². The van der Waals surface area contributed by atoms with Crippen molar-refractivity contribution in [2.24, 2.45) is 0 Å². The second-order valence-corrected chi connectivity index (χ2v) is 14.1. The van der Waals surface area contributed by atoms with Gasteiger partial charge in [0.25, 0.3) is 0 Å². The summed E-state index contributed by atoms with van der Waals surface area (Å²) in [7, 11) is 0. The minimum absolute atomic E-state index is 1.32. The van der Waals surface area contributed by atoms with Gasteiger partial charge in [-0.2, -0.15) is 0 Å². The predicted octanol–water partition coefficient (Wildman–Crippen LogP) is 16.4. The van der Waals surface area contributed by atoms with E-state index in [1.165, 1.54) is 244 Å². The number of allylic oxidation sites excluding steroid dienone is 2. The summed E-state index contributed by atoms with van der Waals surface area (Å²) in [4.78, 5) is 0. The smallest absolute Gasteiger partial charge is 0.0351 e. The molecule has 0 aliphatic heterocycles. The molecule has 0 radical (unpaired) electrons. The van der Waals surface area contributed by atoms with Gasteiger partial charge in [0.1, 0.15) is 0 Å². The SMILES string of the molecule is CCCCCCCCCCCCCCCCCCCC/C=C/CCCCCCCCCCCCCCCCCCCC. The zero-order valence-corrected chi connectivity index (χ0v) is 30.0. The average molecular weight is 589 g/mol. The monoisotopic (exact) mass is 589 g/mol. The van der Waals surface area contributed by atoms with Gasteiger partial charge in [-0.05, 0) is 25.7 Å². The van der Waals surface area contributed by atoms with Crippen molar-refractivity contribution in [3.63, 3.8) is 0 Å². The summed E-state index contributed by atoms with van der Waals surface area (Å²) < 4.78 is 0. The predicted molar refractivity (Wildman–Crippen MR) is 196 cm³/mol. The molecule has 0 N–H and O–H groups in total. The Bertz CT molecular complexity index is 421. The molecule has 252 valence electrons. The third kappa shape index (κ3) is 39.7. The zero-order valence-electron chi connectivity index (χ0n) is 30.0. The van der Waals surface area contributed by atoms with Crippen molar-refractivity contribution >= 4 is 0 Å². The van der Waals surface area contributed by atoms with Crippen LogP contribution >= 0.6 is 0 Å². The first-order valence-electron chi connectivity index (χ1n) is 20.6. The zero-order chi connectivity index (χ0) is 30.3. The molecule has 42 heavy (non-hydrogen) atoms. The molecular weight excluding hydrogens is 504 g/mol. The van der Waals surface area contributed by atoms with Crippen molar-refractivity contribution < 1.29 is 0 Å². The molecular formula is C42H84. The van der Waals surface area contributed by atoms with Crippen LogP contribution in [0.4, 0.5) is 0 Å². The van der Waals surface area contributed by atoms with Crippen LogP contribution in [-0.2, 0) is 0 Å². The fourth-order valence-corrected chi connectivity index (χ4v) is 6.56. The Labute approximate surface area is 269 Å². The number of rotatable bonds is 38. The van der Waals surface area contributed by atoms with Crippen LogP contribution in [0.1, 0.15) is 258 Å². The number of unbranched alkanes of at least 4 members (excludes halogenated alkanes) is 36. The molecule has 0 aromatic rings. The van der Waals surface area contributed by atoms with Crippen LogP contribution < -0.4 is 0 Å². The van der Waals surface area contributed by atoms with Crippen molar-refractivity contribution in [2.75, 3.05) is 0 Å². The van der Waals surface area contributed by atoms with E-state index in [4.69, 9.17) is 0 Å². The van der Waals surface area contributed by atoms with Crippen molar-refractivity contribution in [1.82, 2.24) is 0 Å².